The average molecular weight is 470 g/mol. The van der Waals surface area contributed by atoms with Crippen LogP contribution in [-0.2, 0) is 0 Å². The average Bonchev–Trinajstić information content (AvgIpc) is 3.28. The zero-order chi connectivity index (χ0) is 24.4. The molecule has 1 saturated heterocycles. The lowest BCUT2D eigenvalue weighted by atomic mass is 9.97. The standard InChI is InChI=1S/C28H31N5O2/c1-31(2)22-15-13-21(14-16-22)29-28(34)32-17-8-9-20(19-32)27-30-26(24-11-6-7-18-33(24)27)23-10-4-5-12-25(23)35-3/h4-7,10-16,18,20H,8-9,17,19H2,1-3H3,(H,29,34)/t20-/m0/s1. The van der Waals surface area contributed by atoms with Crippen LogP contribution in [0.2, 0.25) is 0 Å². The lowest BCUT2D eigenvalue weighted by Crippen LogP contribution is -2.42. The monoisotopic (exact) mass is 469 g/mol. The first-order valence-electron chi connectivity index (χ1n) is 12.0. The molecule has 3 heterocycles. The number of hydrogen-bond acceptors (Lipinski definition) is 4. The lowest BCUT2D eigenvalue weighted by molar-refractivity contribution is 0.191. The van der Waals surface area contributed by atoms with Gasteiger partial charge in [-0.15, -0.1) is 0 Å². The molecule has 7 heteroatoms. The van der Waals surface area contributed by atoms with E-state index in [4.69, 9.17) is 9.72 Å². The Kier molecular flexibility index (Phi) is 6.31. The van der Waals surface area contributed by atoms with Crippen LogP contribution < -0.4 is 15.0 Å². The fourth-order valence-corrected chi connectivity index (χ4v) is 4.81. The first-order valence-corrected chi connectivity index (χ1v) is 12.0. The predicted octanol–water partition coefficient (Wildman–Crippen LogP) is 5.49. The second-order valence-corrected chi connectivity index (χ2v) is 9.13. The molecule has 5 rings (SSSR count). The van der Waals surface area contributed by atoms with Gasteiger partial charge in [-0.05, 0) is 61.4 Å². The van der Waals surface area contributed by atoms with Gasteiger partial charge in [-0.2, -0.15) is 0 Å². The smallest absolute Gasteiger partial charge is 0.321 e. The van der Waals surface area contributed by atoms with Crippen LogP contribution in [0, 0.1) is 0 Å². The van der Waals surface area contributed by atoms with E-state index in [-0.39, 0.29) is 11.9 Å². The third-order valence-electron chi connectivity index (χ3n) is 6.65. The first kappa shape index (κ1) is 22.8. The van der Waals surface area contributed by atoms with E-state index in [1.54, 1.807) is 7.11 Å². The molecule has 0 bridgehead atoms. The number of imidazole rings is 1. The van der Waals surface area contributed by atoms with Crippen LogP contribution in [0.5, 0.6) is 5.75 Å². The van der Waals surface area contributed by atoms with Crippen molar-refractivity contribution in [2.75, 3.05) is 44.5 Å². The van der Waals surface area contributed by atoms with Crippen molar-refractivity contribution >= 4 is 22.9 Å². The van der Waals surface area contributed by atoms with E-state index < -0.39 is 0 Å². The van der Waals surface area contributed by atoms with Crippen LogP contribution in [0.3, 0.4) is 0 Å². The van der Waals surface area contributed by atoms with Crippen molar-refractivity contribution in [2.24, 2.45) is 0 Å². The topological polar surface area (TPSA) is 62.1 Å². The number of urea groups is 1. The molecule has 2 aromatic carbocycles. The summed E-state index contributed by atoms with van der Waals surface area (Å²) < 4.78 is 7.78. The van der Waals surface area contributed by atoms with Crippen molar-refractivity contribution in [3.63, 3.8) is 0 Å². The van der Waals surface area contributed by atoms with Crippen LogP contribution in [-0.4, -0.2) is 54.6 Å². The number of nitrogens with one attached hydrogen (secondary N) is 1. The van der Waals surface area contributed by atoms with Gasteiger partial charge >= 0.3 is 6.03 Å². The largest absolute Gasteiger partial charge is 0.496 e. The Morgan fingerprint density at radius 1 is 1.06 bits per heavy atom. The van der Waals surface area contributed by atoms with E-state index in [0.29, 0.717) is 6.54 Å². The highest BCUT2D eigenvalue weighted by Gasteiger charge is 2.29. The molecular formula is C28H31N5O2. The first-order chi connectivity index (χ1) is 17.0. The van der Waals surface area contributed by atoms with Crippen LogP contribution in [0.25, 0.3) is 16.8 Å². The van der Waals surface area contributed by atoms with E-state index in [1.165, 1.54) is 0 Å². The molecular weight excluding hydrogens is 438 g/mol. The maximum atomic E-state index is 13.1. The van der Waals surface area contributed by atoms with Crippen LogP contribution in [0.1, 0.15) is 24.6 Å². The van der Waals surface area contributed by atoms with E-state index in [0.717, 1.165) is 59.1 Å². The van der Waals surface area contributed by atoms with Crippen molar-refractivity contribution < 1.29 is 9.53 Å². The molecule has 1 atom stereocenters. The fraction of sp³-hybridized carbons (Fsp3) is 0.286. The molecule has 0 radical (unpaired) electrons. The summed E-state index contributed by atoms with van der Waals surface area (Å²) >= 11 is 0. The normalized spacial score (nSPS) is 15.7. The highest BCUT2D eigenvalue weighted by atomic mass is 16.5. The maximum absolute atomic E-state index is 13.1. The van der Waals surface area contributed by atoms with Crippen LogP contribution in [0.15, 0.2) is 72.9 Å². The van der Waals surface area contributed by atoms with Gasteiger partial charge < -0.3 is 24.3 Å². The molecule has 1 fully saturated rings. The summed E-state index contributed by atoms with van der Waals surface area (Å²) in [5.74, 6) is 1.92. The fourth-order valence-electron chi connectivity index (χ4n) is 4.81. The van der Waals surface area contributed by atoms with Crippen molar-refractivity contribution in [3.8, 4) is 17.0 Å². The molecule has 35 heavy (non-hydrogen) atoms. The summed E-state index contributed by atoms with van der Waals surface area (Å²) in [6.07, 6.45) is 3.98. The number of nitrogens with zero attached hydrogens (tertiary/aromatic N) is 4. The summed E-state index contributed by atoms with van der Waals surface area (Å²) in [6.45, 7) is 1.36. The molecule has 0 spiro atoms. The summed E-state index contributed by atoms with van der Waals surface area (Å²) in [7, 11) is 5.68. The Balaban J connectivity index is 1.40. The van der Waals surface area contributed by atoms with Crippen LogP contribution >= 0.6 is 0 Å². The van der Waals surface area contributed by atoms with Gasteiger partial charge in [-0.25, -0.2) is 9.78 Å². The Morgan fingerprint density at radius 2 is 1.83 bits per heavy atom. The van der Waals surface area contributed by atoms with E-state index in [2.05, 4.69) is 22.0 Å². The number of para-hydroxylation sites is 1. The van der Waals surface area contributed by atoms with Gasteiger partial charge in [0.1, 0.15) is 17.3 Å². The summed E-state index contributed by atoms with van der Waals surface area (Å²) in [6, 6.07) is 21.9. The molecule has 4 aromatic rings. The van der Waals surface area contributed by atoms with Crippen molar-refractivity contribution in [3.05, 3.63) is 78.8 Å². The predicted molar refractivity (Wildman–Crippen MR) is 141 cm³/mol. The summed E-state index contributed by atoms with van der Waals surface area (Å²) in [5, 5.41) is 3.06. The number of ether oxygens (including phenoxy) is 1. The highest BCUT2D eigenvalue weighted by Crippen LogP contribution is 2.36. The molecule has 2 amide bonds. The number of piperidine rings is 1. The number of likely N-dealkylation sites (tertiary alicyclic amines) is 1. The van der Waals surface area contributed by atoms with Gasteiger partial charge in [0.25, 0.3) is 0 Å². The minimum Gasteiger partial charge on any atom is -0.496 e. The second-order valence-electron chi connectivity index (χ2n) is 9.13. The van der Waals surface area contributed by atoms with Gasteiger partial charge in [0.15, 0.2) is 0 Å². The molecule has 1 aliphatic rings. The van der Waals surface area contributed by atoms with E-state index in [9.17, 15) is 4.79 Å². The third-order valence-corrected chi connectivity index (χ3v) is 6.65. The number of aromatic nitrogens is 2. The van der Waals surface area contributed by atoms with Crippen molar-refractivity contribution in [2.45, 2.75) is 18.8 Å². The number of fused-ring (bicyclic) bond motifs is 1. The number of hydrogen-bond donors (Lipinski definition) is 1. The van der Waals surface area contributed by atoms with E-state index >= 15 is 0 Å². The second kappa shape index (κ2) is 9.70. The molecule has 0 saturated carbocycles. The van der Waals surface area contributed by atoms with Crippen LogP contribution in [0.4, 0.5) is 16.2 Å². The SMILES string of the molecule is COc1ccccc1-c1nc([C@H]2CCCN(C(=O)Nc3ccc(N(C)C)cc3)C2)n2ccccc12. The van der Waals surface area contributed by atoms with Crippen molar-refractivity contribution in [1.29, 1.82) is 0 Å². The minimum atomic E-state index is -0.0712. The summed E-state index contributed by atoms with van der Waals surface area (Å²) in [4.78, 5) is 22.2. The van der Waals surface area contributed by atoms with Crippen molar-refractivity contribution in [1.82, 2.24) is 14.3 Å². The Hall–Kier alpha value is -4.00. The molecule has 1 N–H and O–H groups in total. The maximum Gasteiger partial charge on any atom is 0.321 e. The lowest BCUT2D eigenvalue weighted by Gasteiger charge is -2.32. The third kappa shape index (κ3) is 4.54. The number of methoxy groups -OCH3 is 1. The van der Waals surface area contributed by atoms with Gasteiger partial charge in [0, 0.05) is 56.2 Å². The quantitative estimate of drug-likeness (QED) is 0.420. The number of rotatable bonds is 5. The molecule has 0 aliphatic carbocycles. The van der Waals surface area contributed by atoms with Gasteiger partial charge in [0.05, 0.1) is 12.6 Å². The Morgan fingerprint density at radius 3 is 2.60 bits per heavy atom. The number of pyridine rings is 1. The van der Waals surface area contributed by atoms with Gasteiger partial charge in [-0.3, -0.25) is 0 Å². The Bertz CT molecular complexity index is 1330. The molecule has 0 unspecified atom stereocenters. The zero-order valence-corrected chi connectivity index (χ0v) is 20.4. The molecule has 2 aromatic heterocycles. The molecule has 7 nitrogen and oxygen atoms in total. The number of anilines is 2. The number of carbonyl (C=O) groups is 1. The molecule has 180 valence electrons. The zero-order valence-electron chi connectivity index (χ0n) is 20.4. The summed E-state index contributed by atoms with van der Waals surface area (Å²) in [5.41, 5.74) is 4.80. The van der Waals surface area contributed by atoms with E-state index in [1.807, 2.05) is 84.6 Å². The number of carbonyl (C=O) groups excluding carboxylic acids is 1. The number of amides is 2. The Labute approximate surface area is 206 Å². The molecule has 1 aliphatic heterocycles. The number of benzene rings is 2. The minimum absolute atomic E-state index is 0.0712. The highest BCUT2D eigenvalue weighted by molar-refractivity contribution is 5.89. The van der Waals surface area contributed by atoms with Gasteiger partial charge in [-0.1, -0.05) is 18.2 Å². The van der Waals surface area contributed by atoms with Gasteiger partial charge in [0.2, 0.25) is 0 Å².